The number of rotatable bonds is 4. The number of benzene rings is 1. The van der Waals surface area contributed by atoms with Gasteiger partial charge in [-0.05, 0) is 30.7 Å². The molecule has 5 rings (SSSR count). The Morgan fingerprint density at radius 3 is 2.86 bits per heavy atom. The summed E-state index contributed by atoms with van der Waals surface area (Å²) in [5, 5.41) is 10.5. The third-order valence-electron chi connectivity index (χ3n) is 5.89. The Bertz CT molecular complexity index is 1110. The van der Waals surface area contributed by atoms with Crippen molar-refractivity contribution in [2.24, 2.45) is 5.41 Å². The number of aromatic carboxylic acids is 1. The zero-order chi connectivity index (χ0) is 20.2. The van der Waals surface area contributed by atoms with Crippen LogP contribution in [-0.4, -0.2) is 54.5 Å². The second-order valence-electron chi connectivity index (χ2n) is 7.77. The Hall–Kier alpha value is -2.77. The topological polar surface area (TPSA) is 87.7 Å². The van der Waals surface area contributed by atoms with E-state index in [9.17, 15) is 9.90 Å². The Morgan fingerprint density at radius 2 is 2.17 bits per heavy atom. The summed E-state index contributed by atoms with van der Waals surface area (Å²) in [4.78, 5) is 21.4. The van der Waals surface area contributed by atoms with Crippen molar-refractivity contribution in [3.63, 3.8) is 0 Å². The number of halogens is 1. The van der Waals surface area contributed by atoms with Crippen molar-refractivity contribution < 1.29 is 19.4 Å². The van der Waals surface area contributed by atoms with Crippen LogP contribution in [0.1, 0.15) is 16.8 Å². The van der Waals surface area contributed by atoms with Gasteiger partial charge in [-0.1, -0.05) is 11.6 Å². The largest absolute Gasteiger partial charge is 0.480 e. The maximum Gasteiger partial charge on any atom is 0.337 e. The zero-order valence-corrected chi connectivity index (χ0v) is 16.6. The van der Waals surface area contributed by atoms with Crippen molar-refractivity contribution >= 4 is 34.3 Å². The van der Waals surface area contributed by atoms with Gasteiger partial charge in [0.2, 0.25) is 5.88 Å². The number of anilines is 1. The summed E-state index contributed by atoms with van der Waals surface area (Å²) in [5.74, 6) is 0.320. The Kier molecular flexibility index (Phi) is 4.18. The minimum absolute atomic E-state index is 0.200. The summed E-state index contributed by atoms with van der Waals surface area (Å²) in [5.41, 5.74) is 2.54. The van der Waals surface area contributed by atoms with Crippen LogP contribution in [0.5, 0.6) is 5.88 Å². The lowest BCUT2D eigenvalue weighted by atomic mass is 9.79. The van der Waals surface area contributed by atoms with Gasteiger partial charge in [0.15, 0.2) is 0 Å². The number of H-pyrrole nitrogens is 1. The van der Waals surface area contributed by atoms with E-state index in [4.69, 9.17) is 26.1 Å². The number of nitrogens with zero attached hydrogens (tertiary/aromatic N) is 2. The van der Waals surface area contributed by atoms with Crippen molar-refractivity contribution in [2.45, 2.75) is 6.42 Å². The van der Waals surface area contributed by atoms with Gasteiger partial charge >= 0.3 is 5.97 Å². The summed E-state index contributed by atoms with van der Waals surface area (Å²) in [6.45, 7) is 3.51. The van der Waals surface area contributed by atoms with Crippen LogP contribution < -0.4 is 9.64 Å². The number of ether oxygens (including phenoxy) is 2. The number of hydrogen-bond acceptors (Lipinski definition) is 5. The summed E-state index contributed by atoms with van der Waals surface area (Å²) in [6, 6.07) is 7.38. The number of hydrogen-bond donors (Lipinski definition) is 2. The third kappa shape index (κ3) is 2.92. The lowest BCUT2D eigenvalue weighted by molar-refractivity contribution is 0.0699. The summed E-state index contributed by atoms with van der Waals surface area (Å²) < 4.78 is 11.1. The zero-order valence-electron chi connectivity index (χ0n) is 15.9. The maximum atomic E-state index is 11.5. The van der Waals surface area contributed by atoms with Crippen LogP contribution in [0.3, 0.4) is 0 Å². The van der Waals surface area contributed by atoms with E-state index in [1.807, 2.05) is 12.1 Å². The Labute approximate surface area is 172 Å². The molecule has 0 unspecified atom stereocenters. The molecule has 4 heterocycles. The molecular formula is C21H20ClN3O4. The lowest BCUT2D eigenvalue weighted by Gasteiger charge is -2.47. The molecule has 7 nitrogen and oxygen atoms in total. The summed E-state index contributed by atoms with van der Waals surface area (Å²) >= 11 is 6.50. The second kappa shape index (κ2) is 6.64. The van der Waals surface area contributed by atoms with Crippen molar-refractivity contribution in [1.29, 1.82) is 0 Å². The Morgan fingerprint density at radius 1 is 1.34 bits per heavy atom. The predicted octanol–water partition coefficient (Wildman–Crippen LogP) is 3.82. The average molecular weight is 414 g/mol. The monoisotopic (exact) mass is 413 g/mol. The normalized spacial score (nSPS) is 17.7. The van der Waals surface area contributed by atoms with E-state index < -0.39 is 5.97 Å². The van der Waals surface area contributed by atoms with Crippen molar-refractivity contribution in [3.8, 4) is 17.0 Å². The van der Waals surface area contributed by atoms with E-state index in [-0.39, 0.29) is 11.0 Å². The van der Waals surface area contributed by atoms with Crippen LogP contribution in [0.25, 0.3) is 22.0 Å². The first-order chi connectivity index (χ1) is 14.0. The number of carbonyl (C=O) groups is 1. The number of pyridine rings is 1. The van der Waals surface area contributed by atoms with Crippen molar-refractivity contribution in [2.75, 3.05) is 38.3 Å². The van der Waals surface area contributed by atoms with Gasteiger partial charge in [-0.15, -0.1) is 0 Å². The van der Waals surface area contributed by atoms with Crippen LogP contribution in [0.2, 0.25) is 5.02 Å². The van der Waals surface area contributed by atoms with Crippen molar-refractivity contribution in [1.82, 2.24) is 9.97 Å². The molecule has 29 heavy (non-hydrogen) atoms. The molecule has 3 aromatic rings. The number of fused-ring (bicyclic) bond motifs is 1. The molecule has 0 bridgehead atoms. The molecule has 2 fully saturated rings. The van der Waals surface area contributed by atoms with Gasteiger partial charge in [0.25, 0.3) is 0 Å². The van der Waals surface area contributed by atoms with E-state index in [2.05, 4.69) is 9.88 Å². The van der Waals surface area contributed by atoms with E-state index in [0.717, 1.165) is 44.1 Å². The van der Waals surface area contributed by atoms with E-state index in [1.165, 1.54) is 6.20 Å². The van der Waals surface area contributed by atoms with Gasteiger partial charge in [0.05, 0.1) is 24.3 Å². The van der Waals surface area contributed by atoms with Gasteiger partial charge < -0.3 is 24.5 Å². The highest BCUT2D eigenvalue weighted by atomic mass is 35.5. The van der Waals surface area contributed by atoms with Crippen molar-refractivity contribution in [3.05, 3.63) is 41.0 Å². The van der Waals surface area contributed by atoms with Gasteiger partial charge in [0, 0.05) is 53.3 Å². The number of methoxy groups -OCH3 is 1. The SMILES string of the molecule is COc1nc(N2CC3(CCOC3)C2)ccc1-c1cc2c(C(=O)O)c[nH]c2cc1Cl. The molecule has 1 aromatic carbocycles. The summed E-state index contributed by atoms with van der Waals surface area (Å²) in [7, 11) is 1.57. The molecule has 2 aliphatic rings. The molecule has 0 amide bonds. The average Bonchev–Trinajstić information content (AvgIpc) is 3.33. The highest BCUT2D eigenvalue weighted by molar-refractivity contribution is 6.34. The predicted molar refractivity (Wildman–Crippen MR) is 110 cm³/mol. The number of carboxylic acid groups (broad SMARTS) is 1. The van der Waals surface area contributed by atoms with Gasteiger partial charge in [0.1, 0.15) is 5.82 Å². The quantitative estimate of drug-likeness (QED) is 0.676. The van der Waals surface area contributed by atoms with Crippen LogP contribution in [-0.2, 0) is 4.74 Å². The van der Waals surface area contributed by atoms with E-state index in [0.29, 0.717) is 27.4 Å². The molecule has 1 spiro atoms. The minimum Gasteiger partial charge on any atom is -0.480 e. The highest BCUT2D eigenvalue weighted by Crippen LogP contribution is 2.42. The molecular weight excluding hydrogens is 394 g/mol. The first-order valence-corrected chi connectivity index (χ1v) is 9.79. The molecule has 2 N–H and O–H groups in total. The molecule has 2 saturated heterocycles. The van der Waals surface area contributed by atoms with Crippen LogP contribution >= 0.6 is 11.6 Å². The van der Waals surface area contributed by atoms with E-state index >= 15 is 0 Å². The number of nitrogens with one attached hydrogen (secondary N) is 1. The first-order valence-electron chi connectivity index (χ1n) is 9.42. The lowest BCUT2D eigenvalue weighted by Crippen LogP contribution is -2.57. The molecule has 8 heteroatoms. The maximum absolute atomic E-state index is 11.5. The molecule has 150 valence electrons. The minimum atomic E-state index is -0.993. The molecule has 0 aliphatic carbocycles. The smallest absolute Gasteiger partial charge is 0.337 e. The standard InChI is InChI=1S/C21H20ClN3O4/c1-28-19-12(2-3-18(24-19)25-9-21(10-25)4-5-29-11-21)13-6-14-15(20(26)27)8-23-17(14)7-16(13)22/h2-3,6-8,23H,4-5,9-11H2,1H3,(H,26,27). The highest BCUT2D eigenvalue weighted by Gasteiger charge is 2.46. The first kappa shape index (κ1) is 18.3. The number of aromatic nitrogens is 2. The number of aromatic amines is 1. The van der Waals surface area contributed by atoms with Gasteiger partial charge in [-0.2, -0.15) is 4.98 Å². The van der Waals surface area contributed by atoms with Gasteiger partial charge in [-0.25, -0.2) is 4.79 Å². The molecule has 0 radical (unpaired) electrons. The summed E-state index contributed by atoms with van der Waals surface area (Å²) in [6.07, 6.45) is 2.56. The molecule has 0 atom stereocenters. The molecule has 2 aliphatic heterocycles. The third-order valence-corrected chi connectivity index (χ3v) is 6.20. The molecule has 2 aromatic heterocycles. The van der Waals surface area contributed by atoms with Crippen LogP contribution in [0.15, 0.2) is 30.5 Å². The van der Waals surface area contributed by atoms with Gasteiger partial charge in [-0.3, -0.25) is 0 Å². The van der Waals surface area contributed by atoms with Crippen LogP contribution in [0.4, 0.5) is 5.82 Å². The van der Waals surface area contributed by atoms with E-state index in [1.54, 1.807) is 19.2 Å². The fourth-order valence-corrected chi connectivity index (χ4v) is 4.58. The fourth-order valence-electron chi connectivity index (χ4n) is 4.32. The number of carboxylic acids is 1. The Balaban J connectivity index is 1.52. The molecule has 0 saturated carbocycles. The second-order valence-corrected chi connectivity index (χ2v) is 8.18. The fraction of sp³-hybridized carbons (Fsp3) is 0.333. The van der Waals surface area contributed by atoms with Crippen LogP contribution in [0, 0.1) is 5.41 Å².